The maximum Gasteiger partial charge on any atom is 0.258 e. The number of carbonyl (C=O) groups is 1. The van der Waals surface area contributed by atoms with Crippen LogP contribution in [0.1, 0.15) is 10.4 Å². The minimum Gasteiger partial charge on any atom is -0.320 e. The standard InChI is InChI=1S/C13H7BrCl2FNO/c14-8-4-1-3-7(12(8)17)13(19)18-10-6-2-5-9(15)11(10)16/h1-6H,(H,18,19). The lowest BCUT2D eigenvalue weighted by molar-refractivity contribution is 0.102. The van der Waals surface area contributed by atoms with Gasteiger partial charge in [0.1, 0.15) is 5.82 Å². The minimum absolute atomic E-state index is 0.0783. The summed E-state index contributed by atoms with van der Waals surface area (Å²) < 4.78 is 14.0. The second-order valence-corrected chi connectivity index (χ2v) is 5.30. The molecule has 0 spiro atoms. The molecule has 0 radical (unpaired) electrons. The Kier molecular flexibility index (Phi) is 4.45. The maximum atomic E-state index is 13.8. The highest BCUT2D eigenvalue weighted by atomic mass is 79.9. The molecule has 2 aromatic carbocycles. The van der Waals surface area contributed by atoms with Crippen LogP contribution in [0.2, 0.25) is 10.0 Å². The van der Waals surface area contributed by atoms with E-state index in [1.165, 1.54) is 12.1 Å². The lowest BCUT2D eigenvalue weighted by atomic mass is 10.2. The highest BCUT2D eigenvalue weighted by Gasteiger charge is 2.15. The first-order valence-electron chi connectivity index (χ1n) is 5.20. The van der Waals surface area contributed by atoms with Crippen LogP contribution in [0.4, 0.5) is 10.1 Å². The van der Waals surface area contributed by atoms with E-state index in [-0.39, 0.29) is 15.1 Å². The fourth-order valence-corrected chi connectivity index (χ4v) is 2.18. The molecule has 19 heavy (non-hydrogen) atoms. The molecule has 0 saturated carbocycles. The van der Waals surface area contributed by atoms with Crippen molar-refractivity contribution in [2.45, 2.75) is 0 Å². The normalized spacial score (nSPS) is 10.3. The number of carbonyl (C=O) groups excluding carboxylic acids is 1. The van der Waals surface area contributed by atoms with Gasteiger partial charge in [0.15, 0.2) is 0 Å². The maximum absolute atomic E-state index is 13.8. The summed E-state index contributed by atoms with van der Waals surface area (Å²) in [5, 5.41) is 3.05. The van der Waals surface area contributed by atoms with E-state index >= 15 is 0 Å². The van der Waals surface area contributed by atoms with Crippen molar-refractivity contribution in [2.75, 3.05) is 5.32 Å². The van der Waals surface area contributed by atoms with E-state index in [4.69, 9.17) is 23.2 Å². The van der Waals surface area contributed by atoms with E-state index in [0.29, 0.717) is 10.7 Å². The van der Waals surface area contributed by atoms with Crippen LogP contribution >= 0.6 is 39.1 Å². The van der Waals surface area contributed by atoms with Crippen molar-refractivity contribution in [1.29, 1.82) is 0 Å². The van der Waals surface area contributed by atoms with Gasteiger partial charge >= 0.3 is 0 Å². The summed E-state index contributed by atoms with van der Waals surface area (Å²) in [6, 6.07) is 9.29. The Morgan fingerprint density at radius 2 is 1.84 bits per heavy atom. The molecule has 0 saturated heterocycles. The van der Waals surface area contributed by atoms with Gasteiger partial charge in [-0.15, -0.1) is 0 Å². The Hall–Kier alpha value is -1.10. The van der Waals surface area contributed by atoms with Crippen LogP contribution in [0.5, 0.6) is 0 Å². The molecule has 98 valence electrons. The van der Waals surface area contributed by atoms with Gasteiger partial charge in [0.2, 0.25) is 0 Å². The molecule has 0 atom stereocenters. The molecule has 0 aliphatic heterocycles. The lowest BCUT2D eigenvalue weighted by Gasteiger charge is -2.09. The summed E-state index contributed by atoms with van der Waals surface area (Å²) in [6.45, 7) is 0. The Bertz CT molecular complexity index is 649. The van der Waals surface area contributed by atoms with Gasteiger partial charge in [-0.3, -0.25) is 4.79 Å². The van der Waals surface area contributed by atoms with Crippen molar-refractivity contribution in [2.24, 2.45) is 0 Å². The molecule has 0 aromatic heterocycles. The number of benzene rings is 2. The molecule has 0 fully saturated rings. The van der Waals surface area contributed by atoms with Gasteiger partial charge in [0, 0.05) is 0 Å². The number of rotatable bonds is 2. The van der Waals surface area contributed by atoms with Crippen molar-refractivity contribution in [3.8, 4) is 0 Å². The number of anilines is 1. The second-order valence-electron chi connectivity index (χ2n) is 3.66. The van der Waals surface area contributed by atoms with E-state index in [0.717, 1.165) is 0 Å². The zero-order valence-corrected chi connectivity index (χ0v) is 12.5. The third-order valence-corrected chi connectivity index (χ3v) is 3.83. The topological polar surface area (TPSA) is 29.1 Å². The summed E-state index contributed by atoms with van der Waals surface area (Å²) in [4.78, 5) is 12.0. The van der Waals surface area contributed by atoms with Gasteiger partial charge in [-0.25, -0.2) is 4.39 Å². The highest BCUT2D eigenvalue weighted by Crippen LogP contribution is 2.30. The quantitative estimate of drug-likeness (QED) is 0.786. The van der Waals surface area contributed by atoms with Gasteiger partial charge in [-0.05, 0) is 40.2 Å². The van der Waals surface area contributed by atoms with Gasteiger partial charge in [0.05, 0.1) is 25.8 Å². The Morgan fingerprint density at radius 3 is 2.58 bits per heavy atom. The summed E-state index contributed by atoms with van der Waals surface area (Å²) >= 11 is 14.8. The molecule has 2 nitrogen and oxygen atoms in total. The number of hydrogen-bond donors (Lipinski definition) is 1. The predicted molar refractivity (Wildman–Crippen MR) is 78.5 cm³/mol. The van der Waals surface area contributed by atoms with Crippen LogP contribution in [-0.2, 0) is 0 Å². The Labute approximate surface area is 127 Å². The Morgan fingerprint density at radius 1 is 1.16 bits per heavy atom. The van der Waals surface area contributed by atoms with Crippen molar-refractivity contribution in [1.82, 2.24) is 0 Å². The first kappa shape index (κ1) is 14.3. The highest BCUT2D eigenvalue weighted by molar-refractivity contribution is 9.10. The first-order chi connectivity index (χ1) is 9.00. The fourth-order valence-electron chi connectivity index (χ4n) is 1.47. The van der Waals surface area contributed by atoms with Crippen molar-refractivity contribution in [3.63, 3.8) is 0 Å². The first-order valence-corrected chi connectivity index (χ1v) is 6.75. The van der Waals surface area contributed by atoms with Crippen molar-refractivity contribution < 1.29 is 9.18 Å². The predicted octanol–water partition coefficient (Wildman–Crippen LogP) is 5.15. The zero-order valence-electron chi connectivity index (χ0n) is 9.38. The molecule has 0 aliphatic carbocycles. The van der Waals surface area contributed by atoms with Crippen LogP contribution in [0.3, 0.4) is 0 Å². The summed E-state index contributed by atoms with van der Waals surface area (Å²) in [7, 11) is 0. The zero-order chi connectivity index (χ0) is 14.0. The Balaban J connectivity index is 2.31. The van der Waals surface area contributed by atoms with Crippen molar-refractivity contribution >= 4 is 50.7 Å². The average molecular weight is 363 g/mol. The van der Waals surface area contributed by atoms with Crippen LogP contribution in [0.25, 0.3) is 0 Å². The van der Waals surface area contributed by atoms with Crippen LogP contribution in [0, 0.1) is 5.82 Å². The number of nitrogens with one attached hydrogen (secondary N) is 1. The molecule has 2 aromatic rings. The van der Waals surface area contributed by atoms with Crippen LogP contribution in [-0.4, -0.2) is 5.91 Å². The second kappa shape index (κ2) is 5.90. The molecule has 2 rings (SSSR count). The molecule has 1 amide bonds. The van der Waals surface area contributed by atoms with E-state index < -0.39 is 11.7 Å². The molecular formula is C13H7BrCl2FNO. The SMILES string of the molecule is O=C(Nc1cccc(Cl)c1Cl)c1cccc(Br)c1F. The monoisotopic (exact) mass is 361 g/mol. The van der Waals surface area contributed by atoms with Crippen LogP contribution < -0.4 is 5.32 Å². The smallest absolute Gasteiger partial charge is 0.258 e. The number of halogens is 4. The van der Waals surface area contributed by atoms with E-state index in [9.17, 15) is 9.18 Å². The van der Waals surface area contributed by atoms with E-state index in [1.807, 2.05) is 0 Å². The number of hydrogen-bond acceptors (Lipinski definition) is 1. The van der Waals surface area contributed by atoms with Gasteiger partial charge < -0.3 is 5.32 Å². The molecule has 0 heterocycles. The summed E-state index contributed by atoms with van der Waals surface area (Å²) in [5.41, 5.74) is 0.254. The molecular weight excluding hydrogens is 356 g/mol. The van der Waals surface area contributed by atoms with Gasteiger partial charge in [-0.1, -0.05) is 35.3 Å². The van der Waals surface area contributed by atoms with Crippen molar-refractivity contribution in [3.05, 3.63) is 62.3 Å². The largest absolute Gasteiger partial charge is 0.320 e. The third kappa shape index (κ3) is 3.08. The molecule has 1 N–H and O–H groups in total. The summed E-state index contributed by atoms with van der Waals surface area (Å²) in [5.74, 6) is -1.22. The average Bonchev–Trinajstić information content (AvgIpc) is 2.38. The van der Waals surface area contributed by atoms with E-state index in [2.05, 4.69) is 21.2 Å². The van der Waals surface area contributed by atoms with Gasteiger partial charge in [-0.2, -0.15) is 0 Å². The number of amides is 1. The molecule has 0 bridgehead atoms. The van der Waals surface area contributed by atoms with Gasteiger partial charge in [0.25, 0.3) is 5.91 Å². The third-order valence-electron chi connectivity index (χ3n) is 2.40. The minimum atomic E-state index is -0.627. The van der Waals surface area contributed by atoms with E-state index in [1.54, 1.807) is 24.3 Å². The fraction of sp³-hybridized carbons (Fsp3) is 0. The lowest BCUT2D eigenvalue weighted by Crippen LogP contribution is -2.14. The molecule has 0 unspecified atom stereocenters. The summed E-state index contributed by atoms with van der Waals surface area (Å²) in [6.07, 6.45) is 0. The molecule has 6 heteroatoms. The van der Waals surface area contributed by atoms with Crippen LogP contribution in [0.15, 0.2) is 40.9 Å². The molecule has 0 aliphatic rings.